The number of aryl methyl sites for hydroxylation is 2. The molecule has 0 aliphatic carbocycles. The molecule has 0 amide bonds. The van der Waals surface area contributed by atoms with Gasteiger partial charge in [0.1, 0.15) is 0 Å². The van der Waals surface area contributed by atoms with Gasteiger partial charge in [-0.3, -0.25) is 9.80 Å². The molecule has 4 rings (SSSR count). The molecule has 1 atom stereocenters. The fourth-order valence-electron chi connectivity index (χ4n) is 4.12. The quantitative estimate of drug-likeness (QED) is 0.549. The summed E-state index contributed by atoms with van der Waals surface area (Å²) in [6.45, 7) is 11.1. The van der Waals surface area contributed by atoms with Crippen LogP contribution in [-0.2, 0) is 6.54 Å². The highest BCUT2D eigenvalue weighted by molar-refractivity contribution is 5.52. The molecule has 1 unspecified atom stereocenters. The second-order valence-corrected chi connectivity index (χ2v) is 8.43. The average Bonchev–Trinajstić information content (AvgIpc) is 3.31. The smallest absolute Gasteiger partial charge is 0.247 e. The molecule has 0 saturated carbocycles. The molecule has 170 valence electrons. The van der Waals surface area contributed by atoms with Gasteiger partial charge in [0.05, 0.1) is 20.3 Å². The number of piperazine rings is 1. The summed E-state index contributed by atoms with van der Waals surface area (Å²) in [7, 11) is 3.35. The monoisotopic (exact) mass is 436 g/mol. The Kier molecular flexibility index (Phi) is 6.77. The molecule has 1 saturated heterocycles. The van der Waals surface area contributed by atoms with Gasteiger partial charge in [-0.15, -0.1) is 10.2 Å². The van der Waals surface area contributed by atoms with Crippen LogP contribution in [0, 0.1) is 13.8 Å². The zero-order valence-corrected chi connectivity index (χ0v) is 19.6. The van der Waals surface area contributed by atoms with Crippen LogP contribution in [0.15, 0.2) is 40.8 Å². The Morgan fingerprint density at radius 2 is 1.59 bits per heavy atom. The largest absolute Gasteiger partial charge is 0.493 e. The molecule has 1 fully saturated rings. The van der Waals surface area contributed by atoms with Gasteiger partial charge in [0.25, 0.3) is 0 Å². The Balaban J connectivity index is 1.36. The first-order valence-electron chi connectivity index (χ1n) is 11.1. The molecular weight excluding hydrogens is 404 g/mol. The maximum Gasteiger partial charge on any atom is 0.247 e. The standard InChI is InChI=1S/C25H32N4O3/c1-17-6-8-20(9-7-17)25-27-26-24(32-25)19(3)29-12-10-28(11-13-29)16-21-15-23(31-5)22(30-4)14-18(21)2/h6-9,14-15,19H,10-13,16H2,1-5H3. The minimum Gasteiger partial charge on any atom is -0.493 e. The average molecular weight is 437 g/mol. The number of hydrogen-bond donors (Lipinski definition) is 0. The lowest BCUT2D eigenvalue weighted by Crippen LogP contribution is -2.46. The zero-order valence-electron chi connectivity index (χ0n) is 19.6. The second-order valence-electron chi connectivity index (χ2n) is 8.43. The minimum absolute atomic E-state index is 0.0895. The summed E-state index contributed by atoms with van der Waals surface area (Å²) in [6.07, 6.45) is 0. The van der Waals surface area contributed by atoms with E-state index in [1.54, 1.807) is 14.2 Å². The van der Waals surface area contributed by atoms with Crippen molar-refractivity contribution >= 4 is 0 Å². The number of hydrogen-bond acceptors (Lipinski definition) is 7. The van der Waals surface area contributed by atoms with Crippen LogP contribution < -0.4 is 9.47 Å². The fourth-order valence-corrected chi connectivity index (χ4v) is 4.12. The lowest BCUT2D eigenvalue weighted by molar-refractivity contribution is 0.0874. The Labute approximate surface area is 190 Å². The van der Waals surface area contributed by atoms with E-state index >= 15 is 0 Å². The van der Waals surface area contributed by atoms with Crippen molar-refractivity contribution in [2.75, 3.05) is 40.4 Å². The van der Waals surface area contributed by atoms with Crippen LogP contribution in [0.25, 0.3) is 11.5 Å². The third kappa shape index (κ3) is 4.79. The first kappa shape index (κ1) is 22.3. The van der Waals surface area contributed by atoms with E-state index in [1.807, 2.05) is 18.2 Å². The van der Waals surface area contributed by atoms with Crippen molar-refractivity contribution in [1.29, 1.82) is 0 Å². The van der Waals surface area contributed by atoms with Crippen molar-refractivity contribution in [1.82, 2.24) is 20.0 Å². The van der Waals surface area contributed by atoms with E-state index in [-0.39, 0.29) is 6.04 Å². The summed E-state index contributed by atoms with van der Waals surface area (Å²) in [5, 5.41) is 8.59. The normalized spacial score (nSPS) is 16.2. The summed E-state index contributed by atoms with van der Waals surface area (Å²) in [5.74, 6) is 2.80. The van der Waals surface area contributed by atoms with E-state index in [0.717, 1.165) is 49.8 Å². The SMILES string of the molecule is COc1cc(C)c(CN2CCN(C(C)c3nnc(-c4ccc(C)cc4)o3)CC2)cc1OC. The van der Waals surface area contributed by atoms with Gasteiger partial charge in [0.15, 0.2) is 11.5 Å². The van der Waals surface area contributed by atoms with Gasteiger partial charge in [0, 0.05) is 38.3 Å². The predicted octanol–water partition coefficient (Wildman–Crippen LogP) is 4.25. The van der Waals surface area contributed by atoms with E-state index < -0.39 is 0 Å². The summed E-state index contributed by atoms with van der Waals surface area (Å²) >= 11 is 0. The number of benzene rings is 2. The number of nitrogens with zero attached hydrogens (tertiary/aromatic N) is 4. The predicted molar refractivity (Wildman–Crippen MR) is 124 cm³/mol. The van der Waals surface area contributed by atoms with Crippen LogP contribution in [0.1, 0.15) is 35.5 Å². The number of rotatable bonds is 7. The maximum absolute atomic E-state index is 6.01. The fraction of sp³-hybridized carbons (Fsp3) is 0.440. The molecule has 1 aromatic heterocycles. The van der Waals surface area contributed by atoms with E-state index in [1.165, 1.54) is 16.7 Å². The molecule has 32 heavy (non-hydrogen) atoms. The molecule has 1 aliphatic rings. The van der Waals surface area contributed by atoms with Crippen molar-refractivity contribution in [2.24, 2.45) is 0 Å². The second kappa shape index (κ2) is 9.71. The van der Waals surface area contributed by atoms with Crippen molar-refractivity contribution in [3.63, 3.8) is 0 Å². The highest BCUT2D eigenvalue weighted by Crippen LogP contribution is 2.31. The third-order valence-corrected chi connectivity index (χ3v) is 6.29. The molecule has 0 N–H and O–H groups in total. The van der Waals surface area contributed by atoms with Crippen molar-refractivity contribution in [3.05, 3.63) is 59.0 Å². The summed E-state index contributed by atoms with van der Waals surface area (Å²) in [5.41, 5.74) is 4.65. The number of ether oxygens (including phenoxy) is 2. The summed E-state index contributed by atoms with van der Waals surface area (Å²) < 4.78 is 16.9. The number of methoxy groups -OCH3 is 2. The first-order valence-corrected chi connectivity index (χ1v) is 11.1. The Morgan fingerprint density at radius 1 is 0.938 bits per heavy atom. The minimum atomic E-state index is 0.0895. The van der Waals surface area contributed by atoms with Crippen molar-refractivity contribution < 1.29 is 13.9 Å². The van der Waals surface area contributed by atoms with Gasteiger partial charge in [0.2, 0.25) is 11.8 Å². The van der Waals surface area contributed by atoms with Crippen LogP contribution in [0.2, 0.25) is 0 Å². The molecule has 2 heterocycles. The van der Waals surface area contributed by atoms with Gasteiger partial charge in [-0.05, 0) is 56.2 Å². The van der Waals surface area contributed by atoms with Gasteiger partial charge >= 0.3 is 0 Å². The summed E-state index contributed by atoms with van der Waals surface area (Å²) in [6, 6.07) is 12.4. The molecule has 0 spiro atoms. The van der Waals surface area contributed by atoms with Crippen LogP contribution in [0.5, 0.6) is 11.5 Å². The lowest BCUT2D eigenvalue weighted by Gasteiger charge is -2.37. The van der Waals surface area contributed by atoms with Crippen molar-refractivity contribution in [2.45, 2.75) is 33.4 Å². The molecule has 2 aromatic carbocycles. The van der Waals surface area contributed by atoms with Crippen LogP contribution >= 0.6 is 0 Å². The molecular formula is C25H32N4O3. The first-order chi connectivity index (χ1) is 15.5. The zero-order chi connectivity index (χ0) is 22.7. The Bertz CT molecular complexity index is 1040. The van der Waals surface area contributed by atoms with Crippen molar-refractivity contribution in [3.8, 4) is 23.0 Å². The van der Waals surface area contributed by atoms with E-state index in [4.69, 9.17) is 13.9 Å². The molecule has 0 radical (unpaired) electrons. The van der Waals surface area contributed by atoms with E-state index in [2.05, 4.69) is 59.0 Å². The van der Waals surface area contributed by atoms with Gasteiger partial charge in [-0.1, -0.05) is 17.7 Å². The third-order valence-electron chi connectivity index (χ3n) is 6.29. The van der Waals surface area contributed by atoms with Gasteiger partial charge < -0.3 is 13.9 Å². The number of aromatic nitrogens is 2. The Morgan fingerprint density at radius 3 is 2.25 bits per heavy atom. The highest BCUT2D eigenvalue weighted by Gasteiger charge is 2.26. The van der Waals surface area contributed by atoms with E-state index in [0.29, 0.717) is 11.8 Å². The molecule has 7 nitrogen and oxygen atoms in total. The topological polar surface area (TPSA) is 63.9 Å². The molecule has 0 bridgehead atoms. The maximum atomic E-state index is 6.01. The molecule has 7 heteroatoms. The molecule has 1 aliphatic heterocycles. The summed E-state index contributed by atoms with van der Waals surface area (Å²) in [4.78, 5) is 4.88. The Hall–Kier alpha value is -2.90. The lowest BCUT2D eigenvalue weighted by atomic mass is 10.1. The van der Waals surface area contributed by atoms with E-state index in [9.17, 15) is 0 Å². The van der Waals surface area contributed by atoms with Crippen LogP contribution in [-0.4, -0.2) is 60.4 Å². The van der Waals surface area contributed by atoms with Crippen LogP contribution in [0.3, 0.4) is 0 Å². The van der Waals surface area contributed by atoms with Gasteiger partial charge in [-0.25, -0.2) is 0 Å². The van der Waals surface area contributed by atoms with Gasteiger partial charge in [-0.2, -0.15) is 0 Å². The highest BCUT2D eigenvalue weighted by atomic mass is 16.5. The van der Waals surface area contributed by atoms with Crippen LogP contribution in [0.4, 0.5) is 0 Å². The molecule has 3 aromatic rings.